The van der Waals surface area contributed by atoms with Gasteiger partial charge in [-0.05, 0) is 49.2 Å². The van der Waals surface area contributed by atoms with E-state index in [1.54, 1.807) is 6.20 Å². The summed E-state index contributed by atoms with van der Waals surface area (Å²) < 4.78 is 5.37. The summed E-state index contributed by atoms with van der Waals surface area (Å²) >= 11 is 0. The highest BCUT2D eigenvalue weighted by Crippen LogP contribution is 2.17. The van der Waals surface area contributed by atoms with Crippen molar-refractivity contribution in [1.82, 2.24) is 4.98 Å². The lowest BCUT2D eigenvalue weighted by Crippen LogP contribution is -2.26. The zero-order valence-corrected chi connectivity index (χ0v) is 12.3. The first-order valence-corrected chi connectivity index (χ1v) is 7.47. The van der Waals surface area contributed by atoms with Gasteiger partial charge in [0.25, 0.3) is 5.91 Å². The monoisotopic (exact) mass is 297 g/mol. The van der Waals surface area contributed by atoms with Crippen molar-refractivity contribution in [3.05, 3.63) is 54.4 Å². The van der Waals surface area contributed by atoms with E-state index in [0.29, 0.717) is 13.2 Å². The van der Waals surface area contributed by atoms with Gasteiger partial charge in [-0.25, -0.2) is 0 Å². The third-order valence-corrected chi connectivity index (χ3v) is 3.57. The second-order valence-electron chi connectivity index (χ2n) is 5.24. The number of hydrogen-bond acceptors (Lipinski definition) is 4. The van der Waals surface area contributed by atoms with Crippen molar-refractivity contribution in [1.29, 1.82) is 0 Å². The molecule has 2 heterocycles. The lowest BCUT2D eigenvalue weighted by Gasteiger charge is -2.11. The van der Waals surface area contributed by atoms with Crippen molar-refractivity contribution in [3.63, 3.8) is 0 Å². The summed E-state index contributed by atoms with van der Waals surface area (Å²) in [5, 5.41) is 6.18. The number of rotatable bonds is 5. The Hall–Kier alpha value is -2.40. The molecule has 5 nitrogen and oxygen atoms in total. The van der Waals surface area contributed by atoms with Crippen LogP contribution in [0.5, 0.6) is 0 Å². The maximum absolute atomic E-state index is 12.0. The second-order valence-corrected chi connectivity index (χ2v) is 5.24. The Morgan fingerprint density at radius 1 is 1.18 bits per heavy atom. The van der Waals surface area contributed by atoms with Gasteiger partial charge >= 0.3 is 0 Å². The van der Waals surface area contributed by atoms with Crippen molar-refractivity contribution in [3.8, 4) is 0 Å². The van der Waals surface area contributed by atoms with E-state index in [4.69, 9.17) is 4.74 Å². The average Bonchev–Trinajstić information content (AvgIpc) is 3.10. The standard InChI is InChI=1S/C17H19N3O2/c21-17(16-5-3-11-22-16)20-14-8-6-13(7-9-14)19-12-15-4-1-2-10-18-15/h1-2,4,6-10,16,19H,3,5,11-12H2,(H,20,21). The SMILES string of the molecule is O=C(Nc1ccc(NCc2ccccn2)cc1)C1CCCO1. The number of amides is 1. The second kappa shape index (κ2) is 7.04. The molecule has 1 aromatic carbocycles. The van der Waals surface area contributed by atoms with Crippen LogP contribution in [-0.2, 0) is 16.1 Å². The molecule has 1 amide bonds. The maximum Gasteiger partial charge on any atom is 0.253 e. The van der Waals surface area contributed by atoms with Crippen LogP contribution in [0.1, 0.15) is 18.5 Å². The van der Waals surface area contributed by atoms with Gasteiger partial charge in [0, 0.05) is 24.2 Å². The van der Waals surface area contributed by atoms with Gasteiger partial charge in [0.2, 0.25) is 0 Å². The highest BCUT2D eigenvalue weighted by molar-refractivity contribution is 5.94. The van der Waals surface area contributed by atoms with Crippen LogP contribution in [0.15, 0.2) is 48.7 Å². The Balaban J connectivity index is 1.52. The topological polar surface area (TPSA) is 63.2 Å². The van der Waals surface area contributed by atoms with Crippen molar-refractivity contribution in [2.75, 3.05) is 17.2 Å². The lowest BCUT2D eigenvalue weighted by molar-refractivity contribution is -0.124. The van der Waals surface area contributed by atoms with E-state index in [1.807, 2.05) is 42.5 Å². The third-order valence-electron chi connectivity index (χ3n) is 3.57. The molecule has 1 atom stereocenters. The summed E-state index contributed by atoms with van der Waals surface area (Å²) in [4.78, 5) is 16.2. The molecule has 1 fully saturated rings. The van der Waals surface area contributed by atoms with Crippen molar-refractivity contribution in [2.24, 2.45) is 0 Å². The summed E-state index contributed by atoms with van der Waals surface area (Å²) in [5.41, 5.74) is 2.75. The first-order chi connectivity index (χ1) is 10.8. The fraction of sp³-hybridized carbons (Fsp3) is 0.294. The molecular formula is C17H19N3O2. The Labute approximate surface area is 129 Å². The number of carbonyl (C=O) groups is 1. The van der Waals surface area contributed by atoms with E-state index < -0.39 is 0 Å². The van der Waals surface area contributed by atoms with E-state index >= 15 is 0 Å². The molecule has 1 saturated heterocycles. The molecule has 1 aliphatic rings. The largest absolute Gasteiger partial charge is 0.379 e. The number of anilines is 2. The Morgan fingerprint density at radius 3 is 2.68 bits per heavy atom. The van der Waals surface area contributed by atoms with Crippen LogP contribution in [0, 0.1) is 0 Å². The molecule has 22 heavy (non-hydrogen) atoms. The van der Waals surface area contributed by atoms with Crippen molar-refractivity contribution < 1.29 is 9.53 Å². The molecule has 0 radical (unpaired) electrons. The van der Waals surface area contributed by atoms with Crippen LogP contribution in [-0.4, -0.2) is 23.6 Å². The summed E-state index contributed by atoms with van der Waals surface area (Å²) in [5.74, 6) is -0.0632. The average molecular weight is 297 g/mol. The molecule has 2 aromatic rings. The fourth-order valence-corrected chi connectivity index (χ4v) is 2.37. The van der Waals surface area contributed by atoms with Crippen molar-refractivity contribution >= 4 is 17.3 Å². The van der Waals surface area contributed by atoms with Crippen LogP contribution >= 0.6 is 0 Å². The molecule has 2 N–H and O–H groups in total. The van der Waals surface area contributed by atoms with E-state index in [2.05, 4.69) is 15.6 Å². The van der Waals surface area contributed by atoms with E-state index in [9.17, 15) is 4.79 Å². The van der Waals surface area contributed by atoms with Gasteiger partial charge in [-0.2, -0.15) is 0 Å². The summed E-state index contributed by atoms with van der Waals surface area (Å²) in [6.07, 6.45) is 3.23. The van der Waals surface area contributed by atoms with E-state index in [0.717, 1.165) is 29.9 Å². The smallest absolute Gasteiger partial charge is 0.253 e. The van der Waals surface area contributed by atoms with Gasteiger partial charge in [-0.3, -0.25) is 9.78 Å². The molecule has 1 aliphatic heterocycles. The number of nitrogens with one attached hydrogen (secondary N) is 2. The van der Waals surface area contributed by atoms with Crippen molar-refractivity contribution in [2.45, 2.75) is 25.5 Å². The lowest BCUT2D eigenvalue weighted by atomic mass is 10.2. The normalized spacial score (nSPS) is 17.2. The molecule has 5 heteroatoms. The van der Waals surface area contributed by atoms with Gasteiger partial charge in [0.1, 0.15) is 6.10 Å². The third kappa shape index (κ3) is 3.83. The molecule has 1 aromatic heterocycles. The number of aromatic nitrogens is 1. The molecule has 114 valence electrons. The zero-order chi connectivity index (χ0) is 15.2. The van der Waals surface area contributed by atoms with Crippen LogP contribution in [0.2, 0.25) is 0 Å². The van der Waals surface area contributed by atoms with Gasteiger partial charge in [0.15, 0.2) is 0 Å². The first-order valence-electron chi connectivity index (χ1n) is 7.47. The predicted molar refractivity (Wildman–Crippen MR) is 85.6 cm³/mol. The zero-order valence-electron chi connectivity index (χ0n) is 12.3. The molecule has 3 rings (SSSR count). The summed E-state index contributed by atoms with van der Waals surface area (Å²) in [7, 11) is 0. The first kappa shape index (κ1) is 14.5. The minimum absolute atomic E-state index is 0.0632. The van der Waals surface area contributed by atoms with Crippen LogP contribution in [0.4, 0.5) is 11.4 Å². The maximum atomic E-state index is 12.0. The molecule has 0 saturated carbocycles. The van der Waals surface area contributed by atoms with E-state index in [-0.39, 0.29) is 12.0 Å². The van der Waals surface area contributed by atoms with Crippen LogP contribution < -0.4 is 10.6 Å². The number of nitrogens with zero attached hydrogens (tertiary/aromatic N) is 1. The van der Waals surface area contributed by atoms with E-state index in [1.165, 1.54) is 0 Å². The Bertz CT molecular complexity index is 608. The highest BCUT2D eigenvalue weighted by Gasteiger charge is 2.23. The van der Waals surface area contributed by atoms with Crippen LogP contribution in [0.3, 0.4) is 0 Å². The van der Waals surface area contributed by atoms with Gasteiger partial charge in [0.05, 0.1) is 12.2 Å². The number of hydrogen-bond donors (Lipinski definition) is 2. The summed E-state index contributed by atoms with van der Waals surface area (Å²) in [6.45, 7) is 1.34. The molecule has 1 unspecified atom stereocenters. The van der Waals surface area contributed by atoms with Gasteiger partial charge in [-0.1, -0.05) is 6.07 Å². The predicted octanol–water partition coefficient (Wildman–Crippen LogP) is 2.81. The number of pyridine rings is 1. The molecular weight excluding hydrogens is 278 g/mol. The minimum Gasteiger partial charge on any atom is -0.379 e. The molecule has 0 aliphatic carbocycles. The van der Waals surface area contributed by atoms with Crippen LogP contribution in [0.25, 0.3) is 0 Å². The minimum atomic E-state index is -0.304. The number of carbonyl (C=O) groups excluding carboxylic acids is 1. The fourth-order valence-electron chi connectivity index (χ4n) is 2.37. The molecule has 0 bridgehead atoms. The Morgan fingerprint density at radius 2 is 2.00 bits per heavy atom. The van der Waals surface area contributed by atoms with Gasteiger partial charge < -0.3 is 15.4 Å². The van der Waals surface area contributed by atoms with Gasteiger partial charge in [-0.15, -0.1) is 0 Å². The number of benzene rings is 1. The highest BCUT2D eigenvalue weighted by atomic mass is 16.5. The molecule has 0 spiro atoms. The summed E-state index contributed by atoms with van der Waals surface area (Å²) in [6, 6.07) is 13.5. The Kier molecular flexibility index (Phi) is 4.65. The number of ether oxygens (including phenoxy) is 1. The quantitative estimate of drug-likeness (QED) is 0.891.